The van der Waals surface area contributed by atoms with E-state index in [-0.39, 0.29) is 150 Å². The second-order valence-electron chi connectivity index (χ2n) is 11.2. The van der Waals surface area contributed by atoms with Gasteiger partial charge in [-0.1, -0.05) is 30.3 Å². The molecule has 6 N–H and O–H groups in total. The zero-order valence-electron chi connectivity index (χ0n) is 29.7. The molecule has 0 aliphatic rings. The minimum Gasteiger partial charge on any atom is -0.506 e. The van der Waals surface area contributed by atoms with Gasteiger partial charge in [0, 0.05) is 56.1 Å². The summed E-state index contributed by atoms with van der Waals surface area (Å²) in [6.07, 6.45) is 0. The van der Waals surface area contributed by atoms with Gasteiger partial charge in [-0.25, -0.2) is 0 Å². The van der Waals surface area contributed by atoms with Gasteiger partial charge in [0.25, 0.3) is 30.4 Å². The second-order valence-corrected chi connectivity index (χ2v) is 15.4. The van der Waals surface area contributed by atoms with Crippen molar-refractivity contribution in [1.29, 1.82) is 0 Å². The van der Waals surface area contributed by atoms with Crippen LogP contribution in [-0.4, -0.2) is 49.1 Å². The maximum atomic E-state index is 12.4. The first-order valence-electron chi connectivity index (χ1n) is 14.7. The van der Waals surface area contributed by atoms with E-state index in [9.17, 15) is 49.1 Å². The minimum absolute atomic E-state index is 0. The summed E-state index contributed by atoms with van der Waals surface area (Å²) in [4.78, 5) is -1.89. The third kappa shape index (κ3) is 11.2. The summed E-state index contributed by atoms with van der Waals surface area (Å²) in [5, 5.41) is 40.2. The van der Waals surface area contributed by atoms with E-state index in [1.54, 1.807) is 30.3 Å². The van der Waals surface area contributed by atoms with Crippen molar-refractivity contribution in [2.24, 2.45) is 20.5 Å². The van der Waals surface area contributed by atoms with Gasteiger partial charge in [-0.3, -0.25) is 13.7 Å². The first-order chi connectivity index (χ1) is 24.4. The number of para-hydroxylation sites is 1. The number of anilines is 2. The van der Waals surface area contributed by atoms with Crippen molar-refractivity contribution in [2.45, 2.75) is 21.6 Å². The molecular formula is C33H25CuN5Na3O11S3+3. The van der Waals surface area contributed by atoms with Gasteiger partial charge < -0.3 is 15.5 Å². The number of nitrogens with zero attached hydrogens (tertiary/aromatic N) is 4. The van der Waals surface area contributed by atoms with Crippen LogP contribution in [0, 0.1) is 6.92 Å². The molecular weight excluding hydrogens is 871 g/mol. The summed E-state index contributed by atoms with van der Waals surface area (Å²) < 4.78 is 102. The summed E-state index contributed by atoms with van der Waals surface area (Å²) in [6, 6.07) is 22.3. The third-order valence-electron chi connectivity index (χ3n) is 7.68. The van der Waals surface area contributed by atoms with E-state index in [1.165, 1.54) is 37.3 Å². The van der Waals surface area contributed by atoms with Crippen molar-refractivity contribution >= 4 is 86.0 Å². The van der Waals surface area contributed by atoms with E-state index in [0.717, 1.165) is 30.3 Å². The molecule has 0 aliphatic heterocycles. The van der Waals surface area contributed by atoms with Gasteiger partial charge >= 0.3 is 88.7 Å². The van der Waals surface area contributed by atoms with Gasteiger partial charge in [0.05, 0.1) is 11.4 Å². The molecule has 56 heavy (non-hydrogen) atoms. The van der Waals surface area contributed by atoms with Gasteiger partial charge in [-0.05, 0) is 73.2 Å². The van der Waals surface area contributed by atoms with Crippen LogP contribution in [0.4, 0.5) is 34.1 Å². The number of rotatable bonds is 9. The van der Waals surface area contributed by atoms with Gasteiger partial charge in [0.1, 0.15) is 31.8 Å². The number of fused-ring (bicyclic) bond motifs is 2. The molecule has 23 heteroatoms. The van der Waals surface area contributed by atoms with Crippen LogP contribution in [0.15, 0.2) is 132 Å². The van der Waals surface area contributed by atoms with Crippen LogP contribution in [0.1, 0.15) is 5.56 Å². The van der Waals surface area contributed by atoms with Gasteiger partial charge in [0.2, 0.25) is 0 Å². The van der Waals surface area contributed by atoms with Gasteiger partial charge in [-0.2, -0.15) is 35.5 Å². The van der Waals surface area contributed by atoms with Crippen molar-refractivity contribution in [1.82, 2.24) is 0 Å². The average Bonchev–Trinajstić information content (AvgIpc) is 3.07. The zero-order valence-corrected chi connectivity index (χ0v) is 39.1. The Kier molecular flexibility index (Phi) is 17.5. The Morgan fingerprint density at radius 1 is 0.500 bits per heavy atom. The monoisotopic (exact) mass is 895 g/mol. The number of phenolic OH excluding ortho intramolecular Hbond substituents is 2. The maximum Gasteiger partial charge on any atom is 1.00 e. The molecule has 16 nitrogen and oxygen atoms in total. The summed E-state index contributed by atoms with van der Waals surface area (Å²) in [7, 11) is -14.5. The summed E-state index contributed by atoms with van der Waals surface area (Å²) in [6.45, 7) is 1.54. The largest absolute Gasteiger partial charge is 1.00 e. The Hall–Kier alpha value is -2.31. The van der Waals surface area contributed by atoms with Crippen LogP contribution in [0.2, 0.25) is 0 Å². The molecule has 6 aromatic rings. The number of benzene rings is 6. The van der Waals surface area contributed by atoms with Crippen molar-refractivity contribution in [2.75, 3.05) is 5.32 Å². The Morgan fingerprint density at radius 3 is 1.70 bits per heavy atom. The van der Waals surface area contributed by atoms with Crippen LogP contribution in [0.3, 0.4) is 0 Å². The molecule has 0 aliphatic carbocycles. The van der Waals surface area contributed by atoms with Crippen molar-refractivity contribution < 1.29 is 155 Å². The Balaban J connectivity index is 0.00000271. The Bertz CT molecular complexity index is 2850. The van der Waals surface area contributed by atoms with Crippen LogP contribution in [-0.2, 0) is 47.4 Å². The van der Waals surface area contributed by atoms with Crippen molar-refractivity contribution in [3.63, 3.8) is 0 Å². The molecule has 1 radical (unpaired) electrons. The molecule has 0 fully saturated rings. The van der Waals surface area contributed by atoms with Crippen LogP contribution in [0.25, 0.3) is 21.5 Å². The quantitative estimate of drug-likeness (QED) is 0.0583. The first kappa shape index (κ1) is 49.8. The molecule has 0 atom stereocenters. The molecule has 0 spiro atoms. The van der Waals surface area contributed by atoms with E-state index >= 15 is 0 Å². The number of hydrogen-bond acceptors (Lipinski definition) is 13. The van der Waals surface area contributed by atoms with E-state index in [2.05, 4.69) is 25.8 Å². The van der Waals surface area contributed by atoms with Crippen LogP contribution < -0.4 is 94.0 Å². The standard InChI is InChI=1S/C33H25N5O11S3.Cu.3Na/c1-18-12-27(29(39)16-26(18)36-35-21-14-24-22(31(15-21)51(44,45)46)8-5-9-30(24)50(41,42)43)37-38-28-17-32(52(47,48)49)25-13-20(10-11-23(25)33(28)40)34-19-6-3-2-4-7-19;;;;/h2-17,34,39-40H,1H3,(H,41,42,43)(H,44,45,46)(H,47,48,49);;;;/q;;3*+1. The second kappa shape index (κ2) is 19.6. The fraction of sp³-hybridized carbons (Fsp3) is 0.0303. The summed E-state index contributed by atoms with van der Waals surface area (Å²) >= 11 is 0. The molecule has 277 valence electrons. The fourth-order valence-corrected chi connectivity index (χ4v) is 7.43. The SMILES string of the molecule is Cc1cc(N=Nc2cc(S(=O)(=O)O)c3cc(Nc4ccccc4)ccc3c2O)c(O)cc1N=Nc1cc(S(=O)(=O)O)c2cccc(S(=O)(=O)O)c2c1.[Cu].[Na+].[Na+].[Na+]. The average molecular weight is 896 g/mol. The molecule has 0 saturated carbocycles. The maximum absolute atomic E-state index is 12.4. The summed E-state index contributed by atoms with van der Waals surface area (Å²) in [5.74, 6) is -0.961. The fourth-order valence-electron chi connectivity index (χ4n) is 5.30. The van der Waals surface area contributed by atoms with Gasteiger partial charge in [-0.15, -0.1) is 10.2 Å². The Labute approximate surface area is 397 Å². The van der Waals surface area contributed by atoms with Gasteiger partial charge in [0.15, 0.2) is 5.75 Å². The number of nitrogens with one attached hydrogen (secondary N) is 1. The Morgan fingerprint density at radius 2 is 1.07 bits per heavy atom. The van der Waals surface area contributed by atoms with Crippen LogP contribution >= 0.6 is 0 Å². The van der Waals surface area contributed by atoms with Crippen molar-refractivity contribution in [3.05, 3.63) is 103 Å². The van der Waals surface area contributed by atoms with E-state index < -0.39 is 56.5 Å². The molecule has 6 aromatic carbocycles. The normalized spacial score (nSPS) is 11.8. The minimum atomic E-state index is -4.90. The number of phenols is 2. The third-order valence-corrected chi connectivity index (χ3v) is 10.4. The molecule has 6 rings (SSSR count). The first-order valence-corrected chi connectivity index (χ1v) is 19.0. The smallest absolute Gasteiger partial charge is 0.506 e. The molecule has 0 heterocycles. The van der Waals surface area contributed by atoms with E-state index in [1.807, 2.05) is 6.07 Å². The predicted molar refractivity (Wildman–Crippen MR) is 190 cm³/mol. The summed E-state index contributed by atoms with van der Waals surface area (Å²) in [5.41, 5.74) is 0.825. The molecule has 0 saturated heterocycles. The molecule has 0 unspecified atom stereocenters. The predicted octanol–water partition coefficient (Wildman–Crippen LogP) is -0.963. The topological polar surface area (TPSA) is 265 Å². The number of aromatic hydroxyl groups is 2. The number of azo groups is 2. The number of hydrogen-bond donors (Lipinski definition) is 6. The molecule has 0 bridgehead atoms. The van der Waals surface area contributed by atoms with Crippen LogP contribution in [0.5, 0.6) is 11.5 Å². The molecule has 0 amide bonds. The van der Waals surface area contributed by atoms with E-state index in [4.69, 9.17) is 0 Å². The van der Waals surface area contributed by atoms with E-state index in [0.29, 0.717) is 16.9 Å². The zero-order chi connectivity index (χ0) is 37.6. The van der Waals surface area contributed by atoms with Crippen molar-refractivity contribution in [3.8, 4) is 11.5 Å². The molecule has 0 aromatic heterocycles. The number of aryl methyl sites for hydroxylation is 1.